The minimum absolute atomic E-state index is 0.00121. The third-order valence-electron chi connectivity index (χ3n) is 3.16. The van der Waals surface area contributed by atoms with Crippen molar-refractivity contribution in [3.05, 3.63) is 0 Å². The number of nitrogens with two attached hydrogens (primary N) is 1. The molecule has 19 heavy (non-hydrogen) atoms. The van der Waals surface area contributed by atoms with Gasteiger partial charge >= 0.3 is 0 Å². The Morgan fingerprint density at radius 3 is 2.47 bits per heavy atom. The molecule has 7 nitrogen and oxygen atoms in total. The van der Waals surface area contributed by atoms with Gasteiger partial charge in [0.15, 0.2) is 0 Å². The van der Waals surface area contributed by atoms with E-state index in [1.807, 2.05) is 6.92 Å². The zero-order chi connectivity index (χ0) is 14.5. The summed E-state index contributed by atoms with van der Waals surface area (Å²) < 4.78 is 32.7. The first kappa shape index (κ1) is 16.7. The molecule has 1 heterocycles. The van der Waals surface area contributed by atoms with Crippen molar-refractivity contribution in [2.24, 2.45) is 5.73 Å². The highest BCUT2D eigenvalue weighted by Crippen LogP contribution is 2.09. The number of methoxy groups -OCH3 is 1. The Morgan fingerprint density at radius 2 is 2.00 bits per heavy atom. The fourth-order valence-corrected chi connectivity index (χ4v) is 3.19. The van der Waals surface area contributed by atoms with E-state index in [2.05, 4.69) is 9.62 Å². The van der Waals surface area contributed by atoms with E-state index in [1.54, 1.807) is 0 Å². The van der Waals surface area contributed by atoms with Crippen molar-refractivity contribution in [1.29, 1.82) is 0 Å². The van der Waals surface area contributed by atoms with Crippen molar-refractivity contribution in [3.8, 4) is 0 Å². The van der Waals surface area contributed by atoms with Crippen molar-refractivity contribution in [2.75, 3.05) is 46.4 Å². The summed E-state index contributed by atoms with van der Waals surface area (Å²) in [6, 6.07) is 0.00121. The third kappa shape index (κ3) is 4.93. The monoisotopic (exact) mass is 310 g/mol. The summed E-state index contributed by atoms with van der Waals surface area (Å²) in [4.78, 5) is 2.53. The topological polar surface area (TPSA) is 87.9 Å². The maximum Gasteiger partial charge on any atom is 0.279 e. The quantitative estimate of drug-likeness (QED) is 0.452. The van der Waals surface area contributed by atoms with Crippen molar-refractivity contribution in [3.63, 3.8) is 0 Å². The van der Waals surface area contributed by atoms with Gasteiger partial charge in [-0.1, -0.05) is 12.2 Å². The minimum atomic E-state index is -3.41. The Balaban J connectivity index is 2.46. The Bertz CT molecular complexity index is 394. The van der Waals surface area contributed by atoms with Gasteiger partial charge in [0.1, 0.15) is 0 Å². The van der Waals surface area contributed by atoms with Gasteiger partial charge in [-0.3, -0.25) is 4.90 Å². The molecule has 1 unspecified atom stereocenters. The van der Waals surface area contributed by atoms with Crippen molar-refractivity contribution in [1.82, 2.24) is 13.9 Å². The molecule has 1 aliphatic rings. The van der Waals surface area contributed by atoms with Crippen molar-refractivity contribution >= 4 is 27.4 Å². The van der Waals surface area contributed by atoms with Gasteiger partial charge in [0.25, 0.3) is 10.2 Å². The number of hydrogen-bond donors (Lipinski definition) is 2. The molecule has 1 fully saturated rings. The molecule has 0 aromatic carbocycles. The number of rotatable bonds is 7. The van der Waals surface area contributed by atoms with E-state index in [0.717, 1.165) is 0 Å². The summed E-state index contributed by atoms with van der Waals surface area (Å²) in [5, 5.41) is 0. The van der Waals surface area contributed by atoms with Crippen LogP contribution in [-0.2, 0) is 14.9 Å². The Kier molecular flexibility index (Phi) is 6.57. The van der Waals surface area contributed by atoms with Crippen LogP contribution in [0.4, 0.5) is 0 Å². The maximum absolute atomic E-state index is 12.0. The molecule has 1 rings (SSSR count). The van der Waals surface area contributed by atoms with Crippen LogP contribution in [0.2, 0.25) is 0 Å². The summed E-state index contributed by atoms with van der Waals surface area (Å²) in [5.74, 6) is 0. The molecule has 0 amide bonds. The second-order valence-electron chi connectivity index (χ2n) is 4.41. The summed E-state index contributed by atoms with van der Waals surface area (Å²) in [5.41, 5.74) is 5.60. The SMILES string of the molecule is COCCNS(=O)(=O)N1CCN(C(C)C(N)=S)CC1. The molecule has 0 bridgehead atoms. The first-order valence-corrected chi connectivity index (χ1v) is 8.00. The summed E-state index contributed by atoms with van der Waals surface area (Å²) in [7, 11) is -1.88. The molecule has 0 spiro atoms. The van der Waals surface area contributed by atoms with Gasteiger partial charge in [-0.15, -0.1) is 0 Å². The Labute approximate surface area is 120 Å². The van der Waals surface area contributed by atoms with Gasteiger partial charge in [0, 0.05) is 39.8 Å². The summed E-state index contributed by atoms with van der Waals surface area (Å²) in [6.45, 7) is 4.71. The first-order chi connectivity index (χ1) is 8.88. The predicted molar refractivity (Wildman–Crippen MR) is 78.2 cm³/mol. The Hall–Kier alpha value is -0.320. The maximum atomic E-state index is 12.0. The van der Waals surface area contributed by atoms with Crippen molar-refractivity contribution < 1.29 is 13.2 Å². The molecule has 0 aromatic heterocycles. The number of thiocarbonyl (C=S) groups is 1. The predicted octanol–water partition coefficient (Wildman–Crippen LogP) is -1.24. The van der Waals surface area contributed by atoms with Crippen LogP contribution in [0.3, 0.4) is 0 Å². The minimum Gasteiger partial charge on any atom is -0.392 e. The van der Waals surface area contributed by atoms with E-state index in [9.17, 15) is 8.42 Å². The van der Waals surface area contributed by atoms with Gasteiger partial charge in [-0.05, 0) is 6.92 Å². The van der Waals surface area contributed by atoms with Crippen LogP contribution in [0.5, 0.6) is 0 Å². The number of nitrogens with zero attached hydrogens (tertiary/aromatic N) is 2. The van der Waals surface area contributed by atoms with Crippen LogP contribution in [-0.4, -0.2) is 75.1 Å². The van der Waals surface area contributed by atoms with E-state index in [4.69, 9.17) is 22.7 Å². The van der Waals surface area contributed by atoms with Gasteiger partial charge in [0.05, 0.1) is 17.6 Å². The standard InChI is InChI=1S/C10H22N4O3S2/c1-9(10(11)18)13-4-6-14(7-5-13)19(15,16)12-3-8-17-2/h9,12H,3-8H2,1-2H3,(H2,11,18). The van der Waals surface area contributed by atoms with Crippen molar-refractivity contribution in [2.45, 2.75) is 13.0 Å². The lowest BCUT2D eigenvalue weighted by Gasteiger charge is -2.36. The average molecular weight is 310 g/mol. The molecular weight excluding hydrogens is 288 g/mol. The molecule has 9 heteroatoms. The van der Waals surface area contributed by atoms with Crippen LogP contribution >= 0.6 is 12.2 Å². The molecule has 1 aliphatic heterocycles. The number of hydrogen-bond acceptors (Lipinski definition) is 5. The first-order valence-electron chi connectivity index (χ1n) is 6.15. The van der Waals surface area contributed by atoms with Gasteiger partial charge in [-0.2, -0.15) is 17.4 Å². The molecule has 0 aromatic rings. The fourth-order valence-electron chi connectivity index (χ4n) is 1.88. The average Bonchev–Trinajstić information content (AvgIpc) is 2.38. The van der Waals surface area contributed by atoms with Crippen LogP contribution in [0.1, 0.15) is 6.92 Å². The van der Waals surface area contributed by atoms with Crippen LogP contribution in [0.15, 0.2) is 0 Å². The smallest absolute Gasteiger partial charge is 0.279 e. The summed E-state index contributed by atoms with van der Waals surface area (Å²) in [6.07, 6.45) is 0. The molecule has 1 atom stereocenters. The van der Waals surface area contributed by atoms with E-state index >= 15 is 0 Å². The largest absolute Gasteiger partial charge is 0.392 e. The third-order valence-corrected chi connectivity index (χ3v) is 5.12. The molecule has 112 valence electrons. The summed E-state index contributed by atoms with van der Waals surface area (Å²) >= 11 is 4.95. The lowest BCUT2D eigenvalue weighted by Crippen LogP contribution is -2.56. The fraction of sp³-hybridized carbons (Fsp3) is 0.900. The second-order valence-corrected chi connectivity index (χ2v) is 6.63. The van der Waals surface area contributed by atoms with Gasteiger partial charge in [0.2, 0.25) is 0 Å². The zero-order valence-corrected chi connectivity index (χ0v) is 13.0. The lowest BCUT2D eigenvalue weighted by molar-refractivity contribution is 0.172. The normalized spacial score (nSPS) is 20.3. The molecule has 0 radical (unpaired) electrons. The highest BCUT2D eigenvalue weighted by atomic mass is 32.2. The number of piperazine rings is 1. The zero-order valence-electron chi connectivity index (χ0n) is 11.3. The Morgan fingerprint density at radius 1 is 1.42 bits per heavy atom. The molecule has 1 saturated heterocycles. The van der Waals surface area contributed by atoms with E-state index in [0.29, 0.717) is 37.8 Å². The van der Waals surface area contributed by atoms with Gasteiger partial charge in [-0.25, -0.2) is 0 Å². The molecule has 0 saturated carbocycles. The van der Waals surface area contributed by atoms with E-state index < -0.39 is 10.2 Å². The van der Waals surface area contributed by atoms with Crippen LogP contribution in [0.25, 0.3) is 0 Å². The molecule has 3 N–H and O–H groups in total. The lowest BCUT2D eigenvalue weighted by atomic mass is 10.2. The highest BCUT2D eigenvalue weighted by molar-refractivity contribution is 7.87. The highest BCUT2D eigenvalue weighted by Gasteiger charge is 2.28. The van der Waals surface area contributed by atoms with Crippen LogP contribution in [0, 0.1) is 0 Å². The van der Waals surface area contributed by atoms with E-state index in [-0.39, 0.29) is 12.6 Å². The second kappa shape index (κ2) is 7.46. The van der Waals surface area contributed by atoms with Crippen LogP contribution < -0.4 is 10.5 Å². The number of ether oxygens (including phenoxy) is 1. The van der Waals surface area contributed by atoms with E-state index in [1.165, 1.54) is 11.4 Å². The number of nitrogens with one attached hydrogen (secondary N) is 1. The van der Waals surface area contributed by atoms with Gasteiger partial charge < -0.3 is 10.5 Å². The molecular formula is C10H22N4O3S2. The molecule has 0 aliphatic carbocycles.